The lowest BCUT2D eigenvalue weighted by atomic mass is 10.2. The number of hydrogen-bond acceptors (Lipinski definition) is 7. The number of carboxylic acid groups (broad SMARTS) is 1. The highest BCUT2D eigenvalue weighted by molar-refractivity contribution is 8.04. The second-order valence-electron chi connectivity index (χ2n) is 6.80. The fourth-order valence-corrected chi connectivity index (χ4v) is 3.67. The Morgan fingerprint density at radius 3 is 2.50 bits per heavy atom. The van der Waals surface area contributed by atoms with Crippen molar-refractivity contribution in [3.05, 3.63) is 51.9 Å². The maximum absolute atomic E-state index is 11.8. The molecule has 3 rings (SSSR count). The van der Waals surface area contributed by atoms with Crippen molar-refractivity contribution < 1.29 is 24.1 Å². The second kappa shape index (κ2) is 10.4. The van der Waals surface area contributed by atoms with Gasteiger partial charge < -0.3 is 19.3 Å². The Kier molecular flexibility index (Phi) is 7.66. The summed E-state index contributed by atoms with van der Waals surface area (Å²) in [5.41, 5.74) is 1.25. The number of H-pyrrole nitrogens is 1. The van der Waals surface area contributed by atoms with E-state index < -0.39 is 5.97 Å². The van der Waals surface area contributed by atoms with Crippen molar-refractivity contribution in [2.75, 3.05) is 14.2 Å². The first-order valence-corrected chi connectivity index (χ1v) is 10.7. The highest BCUT2D eigenvalue weighted by Gasteiger charge is 2.17. The monoisotopic (exact) mass is 475 g/mol. The molecule has 0 amide bonds. The van der Waals surface area contributed by atoms with Crippen LogP contribution in [0.2, 0.25) is 5.02 Å². The smallest absolute Gasteiger partial charge is 0.342 e. The first-order valence-electron chi connectivity index (χ1n) is 9.54. The van der Waals surface area contributed by atoms with Crippen LogP contribution in [-0.4, -0.2) is 46.6 Å². The molecule has 0 radical (unpaired) electrons. The minimum Gasteiger partial charge on any atom is -0.496 e. The zero-order valence-electron chi connectivity index (χ0n) is 17.9. The molecule has 0 bridgehead atoms. The van der Waals surface area contributed by atoms with Crippen LogP contribution in [-0.2, 0) is 4.79 Å². The highest BCUT2D eigenvalue weighted by atomic mass is 35.5. The maximum atomic E-state index is 11.8. The Hall–Kier alpha value is -3.17. The average Bonchev–Trinajstić information content (AvgIpc) is 3.22. The first-order chi connectivity index (χ1) is 15.3. The molecule has 3 aromatic rings. The summed E-state index contributed by atoms with van der Waals surface area (Å²) in [5, 5.41) is 17.4. The summed E-state index contributed by atoms with van der Waals surface area (Å²) in [5.74, 6) is 0.956. The number of aromatic nitrogens is 3. The van der Waals surface area contributed by atoms with Gasteiger partial charge in [-0.05, 0) is 67.6 Å². The minimum atomic E-state index is -1.11. The number of nitrogens with zero attached hydrogens (tertiary/aromatic N) is 2. The number of benzene rings is 2. The van der Waals surface area contributed by atoms with Crippen molar-refractivity contribution in [1.29, 1.82) is 0 Å². The Bertz CT molecular complexity index is 1150. The molecular formula is C22H22ClN3O5S. The maximum Gasteiger partial charge on any atom is 0.342 e. The summed E-state index contributed by atoms with van der Waals surface area (Å²) in [4.78, 5) is 16.3. The first kappa shape index (κ1) is 23.5. The number of methoxy groups -OCH3 is 2. The SMILES string of the molecule is COc1cc(/C=C(\Sc2n[nH]c(-c3cc(Cl)ccc3OC)n2)C(=O)O)ccc1OC(C)C. The van der Waals surface area contributed by atoms with Gasteiger partial charge in [0.25, 0.3) is 0 Å². The van der Waals surface area contributed by atoms with Crippen LogP contribution in [0.1, 0.15) is 19.4 Å². The van der Waals surface area contributed by atoms with E-state index in [-0.39, 0.29) is 16.2 Å². The molecule has 0 unspecified atom stereocenters. The number of aromatic amines is 1. The summed E-state index contributed by atoms with van der Waals surface area (Å²) in [7, 11) is 3.07. The third kappa shape index (κ3) is 5.74. The third-order valence-corrected chi connectivity index (χ3v) is 5.25. The number of rotatable bonds is 9. The molecule has 1 aromatic heterocycles. The van der Waals surface area contributed by atoms with E-state index in [9.17, 15) is 9.90 Å². The average molecular weight is 476 g/mol. The van der Waals surface area contributed by atoms with E-state index >= 15 is 0 Å². The second-order valence-corrected chi connectivity index (χ2v) is 8.25. The van der Waals surface area contributed by atoms with Gasteiger partial charge in [0, 0.05) is 5.02 Å². The van der Waals surface area contributed by atoms with Crippen LogP contribution in [0.5, 0.6) is 17.2 Å². The number of thioether (sulfide) groups is 1. The van der Waals surface area contributed by atoms with E-state index in [1.807, 2.05) is 13.8 Å². The molecule has 8 nitrogen and oxygen atoms in total. The van der Waals surface area contributed by atoms with Crippen molar-refractivity contribution >= 4 is 35.4 Å². The molecule has 0 aliphatic carbocycles. The van der Waals surface area contributed by atoms with Crippen LogP contribution in [0.15, 0.2) is 46.5 Å². The number of halogens is 1. The molecule has 0 fully saturated rings. The molecule has 1 heterocycles. The minimum absolute atomic E-state index is 0.0199. The lowest BCUT2D eigenvalue weighted by molar-refractivity contribution is -0.131. The quantitative estimate of drug-likeness (QED) is 0.323. The van der Waals surface area contributed by atoms with Gasteiger partial charge in [0.05, 0.1) is 25.9 Å². The number of hydrogen-bond donors (Lipinski definition) is 2. The van der Waals surface area contributed by atoms with Crippen molar-refractivity contribution in [2.45, 2.75) is 25.1 Å². The van der Waals surface area contributed by atoms with Gasteiger partial charge in [0.1, 0.15) is 10.7 Å². The van der Waals surface area contributed by atoms with Crippen molar-refractivity contribution in [1.82, 2.24) is 15.2 Å². The molecule has 32 heavy (non-hydrogen) atoms. The molecule has 0 atom stereocenters. The number of nitrogens with one attached hydrogen (secondary N) is 1. The number of carbonyl (C=O) groups is 1. The van der Waals surface area contributed by atoms with E-state index in [0.717, 1.165) is 11.8 Å². The van der Waals surface area contributed by atoms with Crippen molar-refractivity contribution in [3.8, 4) is 28.6 Å². The Labute approximate surface area is 194 Å². The molecule has 0 aliphatic rings. The molecule has 168 valence electrons. The topological polar surface area (TPSA) is 107 Å². The van der Waals surface area contributed by atoms with Gasteiger partial charge in [0.15, 0.2) is 17.3 Å². The zero-order chi connectivity index (χ0) is 23.3. The fourth-order valence-electron chi connectivity index (χ4n) is 2.79. The lowest BCUT2D eigenvalue weighted by Gasteiger charge is -2.14. The Morgan fingerprint density at radius 2 is 1.84 bits per heavy atom. The lowest BCUT2D eigenvalue weighted by Crippen LogP contribution is -2.06. The van der Waals surface area contributed by atoms with E-state index in [4.69, 9.17) is 25.8 Å². The molecule has 0 saturated carbocycles. The van der Waals surface area contributed by atoms with Gasteiger partial charge in [-0.2, -0.15) is 0 Å². The largest absolute Gasteiger partial charge is 0.496 e. The van der Waals surface area contributed by atoms with E-state index in [1.165, 1.54) is 20.3 Å². The number of ether oxygens (including phenoxy) is 3. The van der Waals surface area contributed by atoms with Gasteiger partial charge in [-0.25, -0.2) is 9.78 Å². The van der Waals surface area contributed by atoms with Gasteiger partial charge >= 0.3 is 5.97 Å². The van der Waals surface area contributed by atoms with Crippen LogP contribution in [0.25, 0.3) is 17.5 Å². The normalized spacial score (nSPS) is 11.5. The Morgan fingerprint density at radius 1 is 1.12 bits per heavy atom. The van der Waals surface area contributed by atoms with Gasteiger partial charge in [0.2, 0.25) is 5.16 Å². The van der Waals surface area contributed by atoms with Gasteiger partial charge in [-0.15, -0.1) is 5.10 Å². The van der Waals surface area contributed by atoms with Crippen LogP contribution in [0.3, 0.4) is 0 Å². The van der Waals surface area contributed by atoms with Crippen LogP contribution < -0.4 is 14.2 Å². The number of carboxylic acids is 1. The van der Waals surface area contributed by atoms with Crippen LogP contribution in [0.4, 0.5) is 0 Å². The highest BCUT2D eigenvalue weighted by Crippen LogP contribution is 2.34. The molecular weight excluding hydrogens is 454 g/mol. The number of aliphatic carboxylic acids is 1. The van der Waals surface area contributed by atoms with Crippen molar-refractivity contribution in [3.63, 3.8) is 0 Å². The summed E-state index contributed by atoms with van der Waals surface area (Å²) in [6, 6.07) is 10.3. The van der Waals surface area contributed by atoms with Gasteiger partial charge in [-0.1, -0.05) is 17.7 Å². The van der Waals surface area contributed by atoms with E-state index in [0.29, 0.717) is 39.2 Å². The van der Waals surface area contributed by atoms with Gasteiger partial charge in [-0.3, -0.25) is 5.10 Å². The van der Waals surface area contributed by atoms with Crippen molar-refractivity contribution in [2.24, 2.45) is 0 Å². The van der Waals surface area contributed by atoms with Crippen LogP contribution in [0, 0.1) is 0 Å². The summed E-state index contributed by atoms with van der Waals surface area (Å²) in [6.45, 7) is 3.83. The summed E-state index contributed by atoms with van der Waals surface area (Å²) >= 11 is 7.00. The van der Waals surface area contributed by atoms with E-state index in [1.54, 1.807) is 36.4 Å². The van der Waals surface area contributed by atoms with E-state index in [2.05, 4.69) is 15.2 Å². The molecule has 0 spiro atoms. The zero-order valence-corrected chi connectivity index (χ0v) is 19.5. The van der Waals surface area contributed by atoms with Crippen LogP contribution >= 0.6 is 23.4 Å². The molecule has 2 N–H and O–H groups in total. The molecule has 10 heteroatoms. The fraction of sp³-hybridized carbons (Fsp3) is 0.227. The standard InChI is InChI=1S/C22H22ClN3O5S/c1-12(2)31-17-7-5-13(9-18(17)30-4)10-19(21(27)28)32-22-24-20(25-26-22)15-11-14(23)6-8-16(15)29-3/h5-12H,1-4H3,(H,27,28)(H,24,25,26)/b19-10-. The third-order valence-electron chi connectivity index (χ3n) is 4.14. The summed E-state index contributed by atoms with van der Waals surface area (Å²) < 4.78 is 16.4. The Balaban J connectivity index is 1.88. The molecule has 2 aromatic carbocycles. The predicted octanol–water partition coefficient (Wildman–Crippen LogP) is 5.15. The summed E-state index contributed by atoms with van der Waals surface area (Å²) in [6.07, 6.45) is 1.50. The molecule has 0 saturated heterocycles. The molecule has 0 aliphatic heterocycles. The predicted molar refractivity (Wildman–Crippen MR) is 124 cm³/mol.